The molecule has 2 rings (SSSR count). The minimum atomic E-state index is 0.0632. The standard InChI is InChI=1S/C16H29N3O2/c1-13(2)15(20)18-11-7-14(8-12-18)17-16(21)19-9-5-3-4-6-10-19/h13-14H,3-12H2,1-2H3,(H,17,21). The molecule has 0 bridgehead atoms. The van der Waals surface area contributed by atoms with Gasteiger partial charge in [0, 0.05) is 38.1 Å². The van der Waals surface area contributed by atoms with Crippen LogP contribution < -0.4 is 5.32 Å². The van der Waals surface area contributed by atoms with E-state index in [1.165, 1.54) is 12.8 Å². The molecule has 5 nitrogen and oxygen atoms in total. The Balaban J connectivity index is 1.75. The van der Waals surface area contributed by atoms with E-state index in [0.717, 1.165) is 51.9 Å². The molecular weight excluding hydrogens is 266 g/mol. The predicted octanol–water partition coefficient (Wildman–Crippen LogP) is 2.22. The second-order valence-electron chi connectivity index (χ2n) is 6.61. The van der Waals surface area contributed by atoms with E-state index >= 15 is 0 Å². The highest BCUT2D eigenvalue weighted by Crippen LogP contribution is 2.15. The van der Waals surface area contributed by atoms with Gasteiger partial charge in [0.15, 0.2) is 0 Å². The lowest BCUT2D eigenvalue weighted by atomic mass is 10.0. The van der Waals surface area contributed by atoms with Crippen molar-refractivity contribution in [3.05, 3.63) is 0 Å². The van der Waals surface area contributed by atoms with Crippen molar-refractivity contribution in [2.24, 2.45) is 5.92 Å². The molecule has 2 aliphatic rings. The van der Waals surface area contributed by atoms with E-state index < -0.39 is 0 Å². The molecule has 2 aliphatic heterocycles. The third-order valence-corrected chi connectivity index (χ3v) is 4.52. The van der Waals surface area contributed by atoms with Crippen molar-refractivity contribution in [3.8, 4) is 0 Å². The fourth-order valence-corrected chi connectivity index (χ4v) is 3.15. The fraction of sp³-hybridized carbons (Fsp3) is 0.875. The van der Waals surface area contributed by atoms with Crippen molar-refractivity contribution in [2.45, 2.75) is 58.4 Å². The van der Waals surface area contributed by atoms with Crippen molar-refractivity contribution in [3.63, 3.8) is 0 Å². The maximum absolute atomic E-state index is 12.3. The van der Waals surface area contributed by atoms with E-state index in [-0.39, 0.29) is 23.9 Å². The molecule has 0 aromatic carbocycles. The molecule has 2 saturated heterocycles. The number of urea groups is 1. The van der Waals surface area contributed by atoms with Crippen LogP contribution in [0.5, 0.6) is 0 Å². The Kier molecular flexibility index (Phi) is 5.88. The summed E-state index contributed by atoms with van der Waals surface area (Å²) in [6, 6.07) is 0.308. The van der Waals surface area contributed by atoms with Gasteiger partial charge in [-0.2, -0.15) is 0 Å². The van der Waals surface area contributed by atoms with E-state index in [2.05, 4.69) is 5.32 Å². The number of hydrogen-bond donors (Lipinski definition) is 1. The number of likely N-dealkylation sites (tertiary alicyclic amines) is 2. The molecule has 0 unspecified atom stereocenters. The molecule has 5 heteroatoms. The number of piperidine rings is 1. The van der Waals surface area contributed by atoms with Gasteiger partial charge in [-0.3, -0.25) is 4.79 Å². The van der Waals surface area contributed by atoms with Crippen molar-refractivity contribution >= 4 is 11.9 Å². The molecule has 2 heterocycles. The molecule has 0 spiro atoms. The molecule has 120 valence electrons. The van der Waals surface area contributed by atoms with Crippen LogP contribution in [-0.4, -0.2) is 54.0 Å². The van der Waals surface area contributed by atoms with E-state index in [1.54, 1.807) is 0 Å². The largest absolute Gasteiger partial charge is 0.342 e. The fourth-order valence-electron chi connectivity index (χ4n) is 3.15. The molecule has 0 radical (unpaired) electrons. The average molecular weight is 295 g/mol. The van der Waals surface area contributed by atoms with Gasteiger partial charge < -0.3 is 15.1 Å². The summed E-state index contributed by atoms with van der Waals surface area (Å²) < 4.78 is 0. The van der Waals surface area contributed by atoms with Gasteiger partial charge in [-0.05, 0) is 25.7 Å². The summed E-state index contributed by atoms with van der Waals surface area (Å²) in [4.78, 5) is 28.1. The number of carbonyl (C=O) groups is 2. The van der Waals surface area contributed by atoms with Crippen LogP contribution >= 0.6 is 0 Å². The van der Waals surface area contributed by atoms with Crippen molar-refractivity contribution in [1.29, 1.82) is 0 Å². The Morgan fingerprint density at radius 3 is 2.00 bits per heavy atom. The van der Waals surface area contributed by atoms with Crippen LogP contribution in [0.3, 0.4) is 0 Å². The maximum Gasteiger partial charge on any atom is 0.317 e. The summed E-state index contributed by atoms with van der Waals surface area (Å²) in [5.41, 5.74) is 0. The van der Waals surface area contributed by atoms with Crippen LogP contribution in [0, 0.1) is 5.92 Å². The Bertz CT molecular complexity index is 355. The van der Waals surface area contributed by atoms with Gasteiger partial charge in [-0.15, -0.1) is 0 Å². The monoisotopic (exact) mass is 295 g/mol. The first kappa shape index (κ1) is 16.1. The zero-order chi connectivity index (χ0) is 15.2. The number of nitrogens with one attached hydrogen (secondary N) is 1. The summed E-state index contributed by atoms with van der Waals surface area (Å²) >= 11 is 0. The smallest absolute Gasteiger partial charge is 0.317 e. The maximum atomic E-state index is 12.3. The van der Waals surface area contributed by atoms with Gasteiger partial charge in [0.05, 0.1) is 0 Å². The van der Waals surface area contributed by atoms with Crippen LogP contribution in [-0.2, 0) is 4.79 Å². The number of amides is 3. The summed E-state index contributed by atoms with van der Waals surface area (Å²) in [6.07, 6.45) is 6.46. The lowest BCUT2D eigenvalue weighted by Gasteiger charge is -2.34. The topological polar surface area (TPSA) is 52.7 Å². The molecule has 0 aromatic heterocycles. The predicted molar refractivity (Wildman–Crippen MR) is 83.0 cm³/mol. The van der Waals surface area contributed by atoms with Crippen LogP contribution in [0.1, 0.15) is 52.4 Å². The summed E-state index contributed by atoms with van der Waals surface area (Å²) in [6.45, 7) is 7.18. The lowest BCUT2D eigenvalue weighted by Crippen LogP contribution is -2.50. The summed E-state index contributed by atoms with van der Waals surface area (Å²) in [5.74, 6) is 0.292. The molecule has 1 N–H and O–H groups in total. The Morgan fingerprint density at radius 2 is 1.48 bits per heavy atom. The first-order valence-electron chi connectivity index (χ1n) is 8.42. The normalized spacial score (nSPS) is 21.3. The van der Waals surface area contributed by atoms with Crippen molar-refractivity contribution in [1.82, 2.24) is 15.1 Å². The highest BCUT2D eigenvalue weighted by atomic mass is 16.2. The summed E-state index contributed by atoms with van der Waals surface area (Å²) in [5, 5.41) is 3.15. The van der Waals surface area contributed by atoms with Gasteiger partial charge in [0.1, 0.15) is 0 Å². The van der Waals surface area contributed by atoms with Gasteiger partial charge in [-0.25, -0.2) is 4.79 Å². The molecule has 21 heavy (non-hydrogen) atoms. The molecular formula is C16H29N3O2. The highest BCUT2D eigenvalue weighted by Gasteiger charge is 2.26. The van der Waals surface area contributed by atoms with Crippen LogP contribution in [0.25, 0.3) is 0 Å². The zero-order valence-corrected chi connectivity index (χ0v) is 13.4. The van der Waals surface area contributed by atoms with Crippen LogP contribution in [0.4, 0.5) is 4.79 Å². The van der Waals surface area contributed by atoms with Crippen molar-refractivity contribution < 1.29 is 9.59 Å². The van der Waals surface area contributed by atoms with Gasteiger partial charge in [0.2, 0.25) is 5.91 Å². The zero-order valence-electron chi connectivity index (χ0n) is 13.4. The van der Waals surface area contributed by atoms with E-state index in [0.29, 0.717) is 0 Å². The number of nitrogens with zero attached hydrogens (tertiary/aromatic N) is 2. The molecule has 0 saturated carbocycles. The average Bonchev–Trinajstić information content (AvgIpc) is 2.76. The third-order valence-electron chi connectivity index (χ3n) is 4.52. The van der Waals surface area contributed by atoms with Gasteiger partial charge in [0.25, 0.3) is 0 Å². The number of hydrogen-bond acceptors (Lipinski definition) is 2. The highest BCUT2D eigenvalue weighted by molar-refractivity contribution is 5.78. The Hall–Kier alpha value is -1.26. The number of rotatable bonds is 2. The summed E-state index contributed by atoms with van der Waals surface area (Å²) in [7, 11) is 0. The minimum Gasteiger partial charge on any atom is -0.342 e. The second-order valence-corrected chi connectivity index (χ2v) is 6.61. The molecule has 0 aromatic rings. The first-order chi connectivity index (χ1) is 10.1. The quantitative estimate of drug-likeness (QED) is 0.849. The Morgan fingerprint density at radius 1 is 0.905 bits per heavy atom. The molecule has 0 aliphatic carbocycles. The first-order valence-corrected chi connectivity index (χ1v) is 8.42. The molecule has 0 atom stereocenters. The molecule has 3 amide bonds. The van der Waals surface area contributed by atoms with Gasteiger partial charge in [-0.1, -0.05) is 26.7 Å². The van der Waals surface area contributed by atoms with E-state index in [4.69, 9.17) is 0 Å². The van der Waals surface area contributed by atoms with Crippen molar-refractivity contribution in [2.75, 3.05) is 26.2 Å². The number of carbonyl (C=O) groups excluding carboxylic acids is 2. The minimum absolute atomic E-state index is 0.0632. The van der Waals surface area contributed by atoms with Gasteiger partial charge >= 0.3 is 6.03 Å². The van der Waals surface area contributed by atoms with E-state index in [1.807, 2.05) is 23.6 Å². The SMILES string of the molecule is CC(C)C(=O)N1CCC(NC(=O)N2CCCCCC2)CC1. The second kappa shape index (κ2) is 7.66. The lowest BCUT2D eigenvalue weighted by molar-refractivity contribution is -0.135. The van der Waals surface area contributed by atoms with Crippen LogP contribution in [0.2, 0.25) is 0 Å². The Labute approximate surface area is 128 Å². The van der Waals surface area contributed by atoms with E-state index in [9.17, 15) is 9.59 Å². The van der Waals surface area contributed by atoms with Crippen LogP contribution in [0.15, 0.2) is 0 Å². The third kappa shape index (κ3) is 4.61. The molecule has 2 fully saturated rings.